The number of hydrogen-bond acceptors (Lipinski definition) is 6. The number of rotatable bonds is 5. The molecule has 23 heavy (non-hydrogen) atoms. The van der Waals surface area contributed by atoms with Crippen molar-refractivity contribution in [1.29, 1.82) is 0 Å². The highest BCUT2D eigenvalue weighted by atomic mass is 32.2. The Hall–Kier alpha value is -2.74. The molecule has 0 unspecified atom stereocenters. The number of nitrogens with one attached hydrogen (secondary N) is 1. The van der Waals surface area contributed by atoms with Crippen LogP contribution in [0.3, 0.4) is 0 Å². The van der Waals surface area contributed by atoms with Gasteiger partial charge in [0, 0.05) is 13.1 Å². The summed E-state index contributed by atoms with van der Waals surface area (Å²) in [6, 6.07) is 10.4. The molecule has 0 saturated heterocycles. The fraction of sp³-hybridized carbons (Fsp3) is 0.133. The van der Waals surface area contributed by atoms with Crippen LogP contribution >= 0.6 is 0 Å². The van der Waals surface area contributed by atoms with Crippen molar-refractivity contribution in [2.75, 3.05) is 0 Å². The average Bonchev–Trinajstić information content (AvgIpc) is 2.54. The molecular formula is C15H14N2O5S. The fourth-order valence-corrected chi connectivity index (χ4v) is 2.65. The van der Waals surface area contributed by atoms with Gasteiger partial charge in [-0.3, -0.25) is 14.6 Å². The van der Waals surface area contributed by atoms with Gasteiger partial charge in [-0.05, 0) is 24.3 Å². The number of amides is 1. The minimum absolute atomic E-state index is 0.00668. The van der Waals surface area contributed by atoms with Gasteiger partial charge in [0.15, 0.2) is 0 Å². The van der Waals surface area contributed by atoms with Gasteiger partial charge in [0.1, 0.15) is 6.61 Å². The molecule has 1 N–H and O–H groups in total. The summed E-state index contributed by atoms with van der Waals surface area (Å²) >= 11 is 0. The molecule has 0 fully saturated rings. The maximum Gasteiger partial charge on any atom is 0.303 e. The third-order valence-corrected chi connectivity index (χ3v) is 4.14. The molecule has 1 amide bonds. The first kappa shape index (κ1) is 16.6. The summed E-state index contributed by atoms with van der Waals surface area (Å²) in [5, 5.41) is 0. The minimum atomic E-state index is -3.94. The minimum Gasteiger partial charge on any atom is -0.459 e. The standard InChI is InChI=1S/C15H14N2O5S/c1-11(18)22-10-13-8-7-12(9-16-13)15(19)17-23(20,21)14-5-3-2-4-6-14/h2-9H,10H2,1H3,(H,17,19). The van der Waals surface area contributed by atoms with Crippen LogP contribution in [0.1, 0.15) is 23.0 Å². The smallest absolute Gasteiger partial charge is 0.303 e. The molecular weight excluding hydrogens is 320 g/mol. The van der Waals surface area contributed by atoms with Crippen LogP contribution in [0.5, 0.6) is 0 Å². The Morgan fingerprint density at radius 3 is 2.39 bits per heavy atom. The van der Waals surface area contributed by atoms with Crippen LogP contribution in [0.4, 0.5) is 0 Å². The second-order valence-electron chi connectivity index (χ2n) is 4.57. The molecule has 0 saturated carbocycles. The predicted molar refractivity (Wildman–Crippen MR) is 80.8 cm³/mol. The average molecular weight is 334 g/mol. The van der Waals surface area contributed by atoms with E-state index >= 15 is 0 Å². The lowest BCUT2D eigenvalue weighted by Gasteiger charge is -2.07. The van der Waals surface area contributed by atoms with Crippen molar-refractivity contribution in [3.05, 3.63) is 59.9 Å². The molecule has 0 bridgehead atoms. The molecule has 0 radical (unpaired) electrons. The molecule has 0 aliphatic heterocycles. The van der Waals surface area contributed by atoms with E-state index in [9.17, 15) is 18.0 Å². The summed E-state index contributed by atoms with van der Waals surface area (Å²) in [4.78, 5) is 26.6. The zero-order chi connectivity index (χ0) is 16.9. The molecule has 0 atom stereocenters. The Kier molecular flexibility index (Phi) is 5.07. The van der Waals surface area contributed by atoms with Gasteiger partial charge in [-0.1, -0.05) is 18.2 Å². The summed E-state index contributed by atoms with van der Waals surface area (Å²) in [7, 11) is -3.94. The number of sulfonamides is 1. The van der Waals surface area contributed by atoms with Crippen LogP contribution in [-0.4, -0.2) is 25.3 Å². The Morgan fingerprint density at radius 1 is 1.13 bits per heavy atom. The van der Waals surface area contributed by atoms with E-state index in [1.807, 2.05) is 4.72 Å². The maximum absolute atomic E-state index is 12.1. The number of esters is 1. The second-order valence-corrected chi connectivity index (χ2v) is 6.25. The van der Waals surface area contributed by atoms with E-state index < -0.39 is 21.9 Å². The molecule has 1 heterocycles. The lowest BCUT2D eigenvalue weighted by molar-refractivity contribution is -0.142. The fourth-order valence-electron chi connectivity index (χ4n) is 1.66. The van der Waals surface area contributed by atoms with Gasteiger partial charge in [0.25, 0.3) is 15.9 Å². The topological polar surface area (TPSA) is 102 Å². The third kappa shape index (κ3) is 4.62. The summed E-state index contributed by atoms with van der Waals surface area (Å²) in [5.41, 5.74) is 0.527. The summed E-state index contributed by atoms with van der Waals surface area (Å²) < 4.78 is 30.8. The first-order valence-corrected chi connectivity index (χ1v) is 8.07. The number of hydrogen-bond donors (Lipinski definition) is 1. The van der Waals surface area contributed by atoms with Gasteiger partial charge in [0.2, 0.25) is 0 Å². The maximum atomic E-state index is 12.1. The van der Waals surface area contributed by atoms with Crippen molar-refractivity contribution >= 4 is 21.9 Å². The van der Waals surface area contributed by atoms with Gasteiger partial charge in [-0.25, -0.2) is 13.1 Å². The zero-order valence-corrected chi connectivity index (χ0v) is 13.0. The Morgan fingerprint density at radius 2 is 1.83 bits per heavy atom. The van der Waals surface area contributed by atoms with Gasteiger partial charge in [-0.15, -0.1) is 0 Å². The quantitative estimate of drug-likeness (QED) is 0.826. The van der Waals surface area contributed by atoms with E-state index in [2.05, 4.69) is 4.98 Å². The van der Waals surface area contributed by atoms with E-state index in [1.165, 1.54) is 37.4 Å². The predicted octanol–water partition coefficient (Wildman–Crippen LogP) is 1.26. The van der Waals surface area contributed by atoms with Crippen molar-refractivity contribution in [1.82, 2.24) is 9.71 Å². The van der Waals surface area contributed by atoms with Gasteiger partial charge < -0.3 is 4.74 Å². The highest BCUT2D eigenvalue weighted by Crippen LogP contribution is 2.09. The van der Waals surface area contributed by atoms with Crippen LogP contribution in [-0.2, 0) is 26.2 Å². The first-order chi connectivity index (χ1) is 10.9. The molecule has 2 rings (SSSR count). The molecule has 7 nitrogen and oxygen atoms in total. The van der Waals surface area contributed by atoms with Crippen molar-refractivity contribution in [3.8, 4) is 0 Å². The van der Waals surface area contributed by atoms with E-state index in [0.717, 1.165) is 0 Å². The lowest BCUT2D eigenvalue weighted by atomic mass is 10.2. The van der Waals surface area contributed by atoms with E-state index in [1.54, 1.807) is 18.2 Å². The number of ether oxygens (including phenoxy) is 1. The number of pyridine rings is 1. The number of carbonyl (C=O) groups is 2. The van der Waals surface area contributed by atoms with Crippen LogP contribution in [0.2, 0.25) is 0 Å². The van der Waals surface area contributed by atoms with Crippen molar-refractivity contribution < 1.29 is 22.7 Å². The Balaban J connectivity index is 2.07. The van der Waals surface area contributed by atoms with E-state index in [4.69, 9.17) is 4.74 Å². The molecule has 8 heteroatoms. The van der Waals surface area contributed by atoms with Gasteiger partial charge in [-0.2, -0.15) is 0 Å². The first-order valence-electron chi connectivity index (χ1n) is 6.59. The molecule has 1 aromatic carbocycles. The molecule has 0 spiro atoms. The Labute approximate surface area is 133 Å². The van der Waals surface area contributed by atoms with Crippen LogP contribution in [0.25, 0.3) is 0 Å². The van der Waals surface area contributed by atoms with Gasteiger partial charge >= 0.3 is 5.97 Å². The normalized spacial score (nSPS) is 10.8. The zero-order valence-electron chi connectivity index (χ0n) is 12.2. The van der Waals surface area contributed by atoms with Crippen LogP contribution in [0, 0.1) is 0 Å². The number of aromatic nitrogens is 1. The molecule has 2 aromatic rings. The van der Waals surface area contributed by atoms with E-state index in [0.29, 0.717) is 5.69 Å². The summed E-state index contributed by atoms with van der Waals surface area (Å²) in [5.74, 6) is -1.23. The van der Waals surface area contributed by atoms with Crippen molar-refractivity contribution in [2.24, 2.45) is 0 Å². The Bertz CT molecular complexity index is 802. The third-order valence-electron chi connectivity index (χ3n) is 2.79. The summed E-state index contributed by atoms with van der Waals surface area (Å²) in [6.45, 7) is 1.26. The SMILES string of the molecule is CC(=O)OCc1ccc(C(=O)NS(=O)(=O)c2ccccc2)cn1. The number of nitrogens with zero attached hydrogens (tertiary/aromatic N) is 1. The summed E-state index contributed by atoms with van der Waals surface area (Å²) in [6.07, 6.45) is 1.22. The number of benzene rings is 1. The van der Waals surface area contributed by atoms with Crippen molar-refractivity contribution in [2.45, 2.75) is 18.4 Å². The van der Waals surface area contributed by atoms with Gasteiger partial charge in [0.05, 0.1) is 16.2 Å². The number of carbonyl (C=O) groups excluding carboxylic acids is 2. The lowest BCUT2D eigenvalue weighted by Crippen LogP contribution is -2.30. The molecule has 120 valence electrons. The highest BCUT2D eigenvalue weighted by Gasteiger charge is 2.18. The second kappa shape index (κ2) is 7.01. The van der Waals surface area contributed by atoms with Crippen LogP contribution in [0.15, 0.2) is 53.6 Å². The van der Waals surface area contributed by atoms with Crippen LogP contribution < -0.4 is 4.72 Å². The molecule has 1 aromatic heterocycles. The highest BCUT2D eigenvalue weighted by molar-refractivity contribution is 7.90. The molecule has 0 aliphatic carbocycles. The monoisotopic (exact) mass is 334 g/mol. The van der Waals surface area contributed by atoms with Crippen molar-refractivity contribution in [3.63, 3.8) is 0 Å². The van der Waals surface area contributed by atoms with E-state index in [-0.39, 0.29) is 17.1 Å². The largest absolute Gasteiger partial charge is 0.459 e. The molecule has 0 aliphatic rings.